The topological polar surface area (TPSA) is 80.8 Å². The quantitative estimate of drug-likeness (QED) is 0.815. The van der Waals surface area contributed by atoms with Crippen LogP contribution in [0.15, 0.2) is 34.2 Å². The number of aromatic nitrogens is 2. The summed E-state index contributed by atoms with van der Waals surface area (Å²) < 4.78 is 8.64. The number of para-hydroxylation sites is 1. The van der Waals surface area contributed by atoms with Crippen LogP contribution in [0.3, 0.4) is 0 Å². The van der Waals surface area contributed by atoms with Crippen LogP contribution in [-0.2, 0) is 14.1 Å². The van der Waals surface area contributed by atoms with Crippen molar-refractivity contribution in [2.75, 3.05) is 6.61 Å². The molecule has 0 saturated heterocycles. The van der Waals surface area contributed by atoms with E-state index in [-0.39, 0.29) is 27.8 Å². The highest BCUT2D eigenvalue weighted by atomic mass is 32.1. The number of nitrogens with zero attached hydrogens (tertiary/aromatic N) is 3. The van der Waals surface area contributed by atoms with Gasteiger partial charge in [-0.15, -0.1) is 0 Å². The Kier molecular flexibility index (Phi) is 4.63. The molecular weight excluding hydrogens is 340 g/mol. The lowest BCUT2D eigenvalue weighted by Crippen LogP contribution is -2.28. The van der Waals surface area contributed by atoms with Gasteiger partial charge in [0.2, 0.25) is 5.88 Å². The third-order valence-corrected chi connectivity index (χ3v) is 4.82. The highest BCUT2D eigenvalue weighted by Crippen LogP contribution is 2.32. The second-order valence-corrected chi connectivity index (χ2v) is 6.18. The van der Waals surface area contributed by atoms with Gasteiger partial charge in [0.1, 0.15) is 11.3 Å². The van der Waals surface area contributed by atoms with Crippen LogP contribution in [0, 0.1) is 4.77 Å². The number of hydrogen-bond donors (Lipinski definition) is 2. The van der Waals surface area contributed by atoms with Crippen molar-refractivity contribution in [3.8, 4) is 11.6 Å². The summed E-state index contributed by atoms with van der Waals surface area (Å²) in [4.78, 5) is 12.6. The van der Waals surface area contributed by atoms with Gasteiger partial charge in [-0.25, -0.2) is 0 Å². The number of aromatic hydroxyl groups is 1. The van der Waals surface area contributed by atoms with E-state index in [9.17, 15) is 9.90 Å². The number of nitrogens with one attached hydrogen (secondary N) is 1. The molecule has 0 saturated carbocycles. The zero-order valence-electron chi connectivity index (χ0n) is 14.3. The maximum Gasteiger partial charge on any atom is 0.267 e. The number of hydrazone groups is 1. The molecule has 0 fully saturated rings. The van der Waals surface area contributed by atoms with E-state index in [1.54, 1.807) is 14.1 Å². The van der Waals surface area contributed by atoms with Gasteiger partial charge in [0.05, 0.1) is 18.4 Å². The molecular formula is C17H20N4O3S. The van der Waals surface area contributed by atoms with Crippen LogP contribution >= 0.6 is 12.2 Å². The molecule has 8 heteroatoms. The van der Waals surface area contributed by atoms with Crippen LogP contribution in [0.5, 0.6) is 11.6 Å². The van der Waals surface area contributed by atoms with Gasteiger partial charge in [-0.3, -0.25) is 13.9 Å². The zero-order valence-corrected chi connectivity index (χ0v) is 15.1. The Morgan fingerprint density at radius 3 is 2.80 bits per heavy atom. The van der Waals surface area contributed by atoms with Crippen LogP contribution in [-0.4, -0.2) is 26.6 Å². The Hall–Kier alpha value is -2.61. The number of rotatable bonds is 4. The maximum atomic E-state index is 12.6. The lowest BCUT2D eigenvalue weighted by Gasteiger charge is -2.15. The molecule has 0 spiro atoms. The first kappa shape index (κ1) is 17.2. The van der Waals surface area contributed by atoms with Crippen LogP contribution in [0.1, 0.15) is 30.5 Å². The van der Waals surface area contributed by atoms with E-state index in [1.807, 2.05) is 31.2 Å². The molecule has 0 unspecified atom stereocenters. The van der Waals surface area contributed by atoms with Gasteiger partial charge >= 0.3 is 0 Å². The highest BCUT2D eigenvalue weighted by Gasteiger charge is 2.28. The molecule has 1 atom stereocenters. The molecule has 7 nitrogen and oxygen atoms in total. The van der Waals surface area contributed by atoms with E-state index < -0.39 is 0 Å². The second-order valence-electron chi connectivity index (χ2n) is 5.82. The fourth-order valence-electron chi connectivity index (χ4n) is 2.92. The lowest BCUT2D eigenvalue weighted by atomic mass is 9.99. The van der Waals surface area contributed by atoms with E-state index in [2.05, 4.69) is 10.5 Å². The maximum absolute atomic E-state index is 12.6. The van der Waals surface area contributed by atoms with Gasteiger partial charge in [0.25, 0.3) is 5.56 Å². The molecule has 0 aliphatic carbocycles. The van der Waals surface area contributed by atoms with Crippen molar-refractivity contribution in [2.45, 2.75) is 19.4 Å². The van der Waals surface area contributed by atoms with Gasteiger partial charge in [-0.05, 0) is 25.2 Å². The first-order valence-corrected chi connectivity index (χ1v) is 8.39. The molecule has 132 valence electrons. The van der Waals surface area contributed by atoms with Gasteiger partial charge in [-0.1, -0.05) is 18.2 Å². The minimum absolute atomic E-state index is 0.129. The molecule has 1 aromatic carbocycles. The molecule has 3 rings (SSSR count). The summed E-state index contributed by atoms with van der Waals surface area (Å²) in [5.74, 6) is 0.606. The molecule has 1 aliphatic rings. The first-order valence-electron chi connectivity index (χ1n) is 7.98. The van der Waals surface area contributed by atoms with E-state index in [1.165, 1.54) is 9.13 Å². The summed E-state index contributed by atoms with van der Waals surface area (Å²) in [6, 6.07) is 7.58. The monoisotopic (exact) mass is 360 g/mol. The Balaban J connectivity index is 1.98. The van der Waals surface area contributed by atoms with Crippen LogP contribution in [0.2, 0.25) is 0 Å². The van der Waals surface area contributed by atoms with Crippen molar-refractivity contribution in [1.29, 1.82) is 0 Å². The van der Waals surface area contributed by atoms with Gasteiger partial charge in [-0.2, -0.15) is 5.10 Å². The summed E-state index contributed by atoms with van der Waals surface area (Å²) in [5, 5.41) is 14.7. The molecule has 1 aliphatic heterocycles. The van der Waals surface area contributed by atoms with Crippen molar-refractivity contribution in [3.05, 3.63) is 50.5 Å². The highest BCUT2D eigenvalue weighted by molar-refractivity contribution is 7.71. The SMILES string of the molecule is CCOc1ccccc1[C@H]1CC(c2c(O)n(C)c(=S)n(C)c2=O)=NN1. The van der Waals surface area contributed by atoms with E-state index in [4.69, 9.17) is 17.0 Å². The minimum Gasteiger partial charge on any atom is -0.494 e. The Labute approximate surface area is 150 Å². The van der Waals surface area contributed by atoms with Crippen molar-refractivity contribution in [1.82, 2.24) is 14.6 Å². The zero-order chi connectivity index (χ0) is 18.1. The van der Waals surface area contributed by atoms with Crippen LogP contribution in [0.4, 0.5) is 0 Å². The molecule has 2 N–H and O–H groups in total. The van der Waals surface area contributed by atoms with Gasteiger partial charge < -0.3 is 15.3 Å². The summed E-state index contributed by atoms with van der Waals surface area (Å²) in [7, 11) is 3.20. The average Bonchev–Trinajstić information content (AvgIpc) is 3.09. The number of benzene rings is 1. The van der Waals surface area contributed by atoms with Crippen molar-refractivity contribution in [3.63, 3.8) is 0 Å². The predicted molar refractivity (Wildman–Crippen MR) is 97.8 cm³/mol. The molecule has 0 radical (unpaired) electrons. The van der Waals surface area contributed by atoms with E-state index in [0.29, 0.717) is 18.7 Å². The van der Waals surface area contributed by atoms with Crippen LogP contribution in [0.25, 0.3) is 0 Å². The summed E-state index contributed by atoms with van der Waals surface area (Å²) in [5.41, 5.74) is 4.31. The molecule has 2 aromatic rings. The van der Waals surface area contributed by atoms with Crippen molar-refractivity contribution >= 4 is 17.9 Å². The van der Waals surface area contributed by atoms with Crippen LogP contribution < -0.4 is 15.7 Å². The third kappa shape index (κ3) is 2.93. The number of hydrogen-bond acceptors (Lipinski definition) is 6. The Morgan fingerprint density at radius 1 is 1.36 bits per heavy atom. The van der Waals surface area contributed by atoms with Gasteiger partial charge in [0, 0.05) is 26.1 Å². The Bertz CT molecular complexity index is 961. The standard InChI is InChI=1S/C17H20N4O3S/c1-4-24-13-8-6-5-7-10(13)11-9-12(19-18-11)14-15(22)20(2)17(25)21(3)16(14)23/h5-8,11,18,22H,4,9H2,1-3H3/t11-/m1/s1. The molecule has 1 aromatic heterocycles. The lowest BCUT2D eigenvalue weighted by molar-refractivity contribution is 0.332. The van der Waals surface area contributed by atoms with E-state index in [0.717, 1.165) is 11.3 Å². The smallest absolute Gasteiger partial charge is 0.267 e. The molecule has 2 heterocycles. The fraction of sp³-hybridized carbons (Fsp3) is 0.353. The third-order valence-electron chi connectivity index (χ3n) is 4.27. The van der Waals surface area contributed by atoms with Gasteiger partial charge in [0.15, 0.2) is 4.77 Å². The Morgan fingerprint density at radius 2 is 2.08 bits per heavy atom. The first-order chi connectivity index (χ1) is 12.0. The minimum atomic E-state index is -0.361. The summed E-state index contributed by atoms with van der Waals surface area (Å²) in [6.45, 7) is 2.49. The fourth-order valence-corrected chi connectivity index (χ4v) is 3.09. The normalized spacial score (nSPS) is 16.4. The molecule has 25 heavy (non-hydrogen) atoms. The summed E-state index contributed by atoms with van der Waals surface area (Å²) in [6.07, 6.45) is 0.462. The van der Waals surface area contributed by atoms with Crippen molar-refractivity contribution < 1.29 is 9.84 Å². The molecule has 0 bridgehead atoms. The van der Waals surface area contributed by atoms with Crippen molar-refractivity contribution in [2.24, 2.45) is 19.2 Å². The number of ether oxygens (including phenoxy) is 1. The molecule has 0 amide bonds. The largest absolute Gasteiger partial charge is 0.494 e. The summed E-state index contributed by atoms with van der Waals surface area (Å²) >= 11 is 5.14. The van der Waals surface area contributed by atoms with E-state index >= 15 is 0 Å². The second kappa shape index (κ2) is 6.72. The predicted octanol–water partition coefficient (Wildman–Crippen LogP) is 2.00. The average molecular weight is 360 g/mol.